The lowest BCUT2D eigenvalue weighted by Gasteiger charge is -2.05. The smallest absolute Gasteiger partial charge is 0.225 e. The van der Waals surface area contributed by atoms with Crippen LogP contribution in [0.5, 0.6) is 0 Å². The average Bonchev–Trinajstić information content (AvgIpc) is 2.27. The zero-order valence-electron chi connectivity index (χ0n) is 10.2. The Balaban J connectivity index is 3.24. The Labute approximate surface area is 97.0 Å². The molecule has 0 aliphatic rings. The fourth-order valence-corrected chi connectivity index (χ4v) is 1.05. The number of unbranched alkanes of at least 4 members (excludes halogenated alkanes) is 1. The summed E-state index contributed by atoms with van der Waals surface area (Å²) < 4.78 is 10.1. The van der Waals surface area contributed by atoms with Crippen molar-refractivity contribution in [2.24, 2.45) is 0 Å². The van der Waals surface area contributed by atoms with E-state index in [2.05, 4.69) is 5.32 Å². The van der Waals surface area contributed by atoms with E-state index in [0.717, 1.165) is 12.8 Å². The minimum atomic E-state index is -0.0799. The van der Waals surface area contributed by atoms with E-state index >= 15 is 0 Å². The highest BCUT2D eigenvalue weighted by Gasteiger charge is 2.02. The predicted molar refractivity (Wildman–Crippen MR) is 62.7 cm³/mol. The number of methoxy groups -OCH3 is 1. The first-order chi connectivity index (χ1) is 7.70. The van der Waals surface area contributed by atoms with E-state index in [4.69, 9.17) is 14.9 Å². The average molecular weight is 230 g/mol. The van der Waals surface area contributed by atoms with Crippen molar-refractivity contribution in [2.75, 3.05) is 26.9 Å². The largest absolute Gasteiger partial charge is 0.382 e. The number of rotatable bonds is 9. The molecule has 0 aromatic heterocycles. The van der Waals surface area contributed by atoms with Crippen molar-refractivity contribution in [1.82, 2.24) is 5.32 Å². The molecule has 0 fully saturated rings. The van der Waals surface area contributed by atoms with Gasteiger partial charge in [0.25, 0.3) is 0 Å². The van der Waals surface area contributed by atoms with E-state index in [1.807, 2.05) is 6.92 Å². The zero-order chi connectivity index (χ0) is 12.2. The van der Waals surface area contributed by atoms with Crippen LogP contribution < -0.4 is 5.32 Å². The number of hydrogen-bond acceptors (Lipinski definition) is 4. The number of amides is 1. The van der Waals surface area contributed by atoms with Crippen molar-refractivity contribution in [1.29, 1.82) is 5.41 Å². The quantitative estimate of drug-likeness (QED) is 0.356. The molecule has 0 aromatic carbocycles. The third kappa shape index (κ3) is 9.61. The molecule has 0 saturated carbocycles. The van der Waals surface area contributed by atoms with Gasteiger partial charge in [0, 0.05) is 26.6 Å². The first-order valence-electron chi connectivity index (χ1n) is 5.64. The Hall–Kier alpha value is -0.940. The molecular formula is C11H22N2O3. The van der Waals surface area contributed by atoms with Crippen LogP contribution in [0.15, 0.2) is 0 Å². The van der Waals surface area contributed by atoms with Gasteiger partial charge in [0.15, 0.2) is 0 Å². The molecule has 0 aliphatic heterocycles. The van der Waals surface area contributed by atoms with Gasteiger partial charge < -0.3 is 14.8 Å². The second-order valence-corrected chi connectivity index (χ2v) is 3.44. The minimum absolute atomic E-state index is 0.0799. The van der Waals surface area contributed by atoms with Crippen molar-refractivity contribution in [3.05, 3.63) is 0 Å². The molecule has 0 unspecified atom stereocenters. The second kappa shape index (κ2) is 10.6. The Morgan fingerprint density at radius 1 is 1.25 bits per heavy atom. The molecule has 0 atom stereocenters. The molecule has 0 bridgehead atoms. The molecule has 0 spiro atoms. The van der Waals surface area contributed by atoms with Crippen molar-refractivity contribution in [3.8, 4) is 0 Å². The molecule has 0 radical (unpaired) electrons. The summed E-state index contributed by atoms with van der Waals surface area (Å²) in [5.41, 5.74) is 0. The maximum absolute atomic E-state index is 11.2. The second-order valence-electron chi connectivity index (χ2n) is 3.44. The summed E-state index contributed by atoms with van der Waals surface area (Å²) in [6, 6.07) is 0. The van der Waals surface area contributed by atoms with Crippen LogP contribution in [-0.2, 0) is 14.3 Å². The Bertz CT molecular complexity index is 207. The van der Waals surface area contributed by atoms with Gasteiger partial charge in [-0.05, 0) is 12.8 Å². The monoisotopic (exact) mass is 230 g/mol. The minimum Gasteiger partial charge on any atom is -0.382 e. The van der Waals surface area contributed by atoms with Gasteiger partial charge in [-0.3, -0.25) is 10.2 Å². The summed E-state index contributed by atoms with van der Waals surface area (Å²) in [4.78, 5) is 11.2. The summed E-state index contributed by atoms with van der Waals surface area (Å²) in [6.07, 6.45) is 2.66. The number of ether oxygens (including phenoxy) is 2. The van der Waals surface area contributed by atoms with Crippen LogP contribution in [-0.4, -0.2) is 38.7 Å². The van der Waals surface area contributed by atoms with E-state index in [-0.39, 0.29) is 11.7 Å². The standard InChI is InChI=1S/C11H22N2O3/c1-3-10(12)13-11(14)6-4-5-7-16-9-8-15-2/h3-9H2,1-2H3,(H2,12,13,14). The maximum Gasteiger partial charge on any atom is 0.225 e. The zero-order valence-corrected chi connectivity index (χ0v) is 10.2. The SMILES string of the molecule is CCC(=N)NC(=O)CCCCOCCOC. The van der Waals surface area contributed by atoms with Gasteiger partial charge in [-0.1, -0.05) is 6.92 Å². The molecule has 0 aromatic rings. The van der Waals surface area contributed by atoms with Crippen molar-refractivity contribution in [3.63, 3.8) is 0 Å². The van der Waals surface area contributed by atoms with Crippen LogP contribution >= 0.6 is 0 Å². The number of amidine groups is 1. The fraction of sp³-hybridized carbons (Fsp3) is 0.818. The Morgan fingerprint density at radius 3 is 2.62 bits per heavy atom. The topological polar surface area (TPSA) is 71.4 Å². The molecule has 16 heavy (non-hydrogen) atoms. The molecule has 2 N–H and O–H groups in total. The molecule has 5 nitrogen and oxygen atoms in total. The first-order valence-corrected chi connectivity index (χ1v) is 5.64. The van der Waals surface area contributed by atoms with Crippen molar-refractivity contribution < 1.29 is 14.3 Å². The first kappa shape index (κ1) is 15.1. The van der Waals surface area contributed by atoms with Gasteiger partial charge in [0.2, 0.25) is 5.91 Å². The normalized spacial score (nSPS) is 10.1. The highest BCUT2D eigenvalue weighted by Crippen LogP contribution is 1.96. The molecule has 0 saturated heterocycles. The van der Waals surface area contributed by atoms with Crippen LogP contribution in [0.25, 0.3) is 0 Å². The Morgan fingerprint density at radius 2 is 2.00 bits per heavy atom. The van der Waals surface area contributed by atoms with Crippen molar-refractivity contribution in [2.45, 2.75) is 32.6 Å². The van der Waals surface area contributed by atoms with Crippen LogP contribution in [0, 0.1) is 5.41 Å². The summed E-state index contributed by atoms with van der Waals surface area (Å²) in [5, 5.41) is 9.81. The summed E-state index contributed by atoms with van der Waals surface area (Å²) in [7, 11) is 1.64. The molecule has 1 amide bonds. The van der Waals surface area contributed by atoms with Crippen LogP contribution in [0.1, 0.15) is 32.6 Å². The van der Waals surface area contributed by atoms with E-state index in [1.54, 1.807) is 7.11 Å². The lowest BCUT2D eigenvalue weighted by Crippen LogP contribution is -2.28. The number of carbonyl (C=O) groups excluding carboxylic acids is 1. The van der Waals surface area contributed by atoms with E-state index < -0.39 is 0 Å². The van der Waals surface area contributed by atoms with E-state index in [9.17, 15) is 4.79 Å². The van der Waals surface area contributed by atoms with Gasteiger partial charge >= 0.3 is 0 Å². The third-order valence-electron chi connectivity index (χ3n) is 2.02. The fourth-order valence-electron chi connectivity index (χ4n) is 1.05. The lowest BCUT2D eigenvalue weighted by molar-refractivity contribution is -0.119. The number of nitrogens with one attached hydrogen (secondary N) is 2. The third-order valence-corrected chi connectivity index (χ3v) is 2.02. The molecule has 5 heteroatoms. The maximum atomic E-state index is 11.2. The van der Waals surface area contributed by atoms with Gasteiger partial charge in [0.05, 0.1) is 19.0 Å². The Kier molecular flexibility index (Phi) is 9.95. The molecule has 0 heterocycles. The predicted octanol–water partition coefficient (Wildman–Crippen LogP) is 1.32. The number of hydrogen-bond donors (Lipinski definition) is 2. The molecule has 0 rings (SSSR count). The van der Waals surface area contributed by atoms with Gasteiger partial charge in [0.1, 0.15) is 0 Å². The summed E-state index contributed by atoms with van der Waals surface area (Å²) >= 11 is 0. The van der Waals surface area contributed by atoms with Crippen molar-refractivity contribution >= 4 is 11.7 Å². The highest BCUT2D eigenvalue weighted by atomic mass is 16.5. The van der Waals surface area contributed by atoms with Crippen LogP contribution in [0.4, 0.5) is 0 Å². The summed E-state index contributed by atoms with van der Waals surface area (Å²) in [6.45, 7) is 3.70. The number of carbonyl (C=O) groups is 1. The molecule has 0 aliphatic carbocycles. The lowest BCUT2D eigenvalue weighted by atomic mass is 10.2. The van der Waals surface area contributed by atoms with E-state index in [0.29, 0.717) is 32.7 Å². The van der Waals surface area contributed by atoms with E-state index in [1.165, 1.54) is 0 Å². The van der Waals surface area contributed by atoms with Crippen LogP contribution in [0.3, 0.4) is 0 Å². The molecule has 94 valence electrons. The van der Waals surface area contributed by atoms with Gasteiger partial charge in [-0.15, -0.1) is 0 Å². The van der Waals surface area contributed by atoms with Crippen LogP contribution in [0.2, 0.25) is 0 Å². The van der Waals surface area contributed by atoms with Gasteiger partial charge in [-0.2, -0.15) is 0 Å². The highest BCUT2D eigenvalue weighted by molar-refractivity contribution is 5.96. The molecular weight excluding hydrogens is 208 g/mol. The van der Waals surface area contributed by atoms with Gasteiger partial charge in [-0.25, -0.2) is 0 Å². The summed E-state index contributed by atoms with van der Waals surface area (Å²) in [5.74, 6) is 0.199.